The van der Waals surface area contributed by atoms with Crippen molar-refractivity contribution in [2.24, 2.45) is 5.92 Å². The van der Waals surface area contributed by atoms with E-state index in [4.69, 9.17) is 0 Å². The van der Waals surface area contributed by atoms with Crippen molar-refractivity contribution in [2.75, 3.05) is 45.2 Å². The van der Waals surface area contributed by atoms with Crippen molar-refractivity contribution >= 4 is 29.7 Å². The van der Waals surface area contributed by atoms with E-state index in [1.165, 1.54) is 6.07 Å². The van der Waals surface area contributed by atoms with Gasteiger partial charge < -0.3 is 15.1 Å². The highest BCUT2D eigenvalue weighted by Gasteiger charge is 2.25. The molecule has 1 aromatic rings. The first-order chi connectivity index (χ1) is 11.4. The van der Waals surface area contributed by atoms with Crippen LogP contribution in [-0.2, 0) is 0 Å². The standard InChI is InChI=1S/C17H26N4O3.ClH/c1-13-5-4-9-20(12-13)15-7-6-14(11-16(15)21(23)24)17(22)19(3)10-8-18-2;/h6-7,11,13,18H,4-5,8-10,12H2,1-3H3;1H. The average molecular weight is 371 g/mol. The zero-order valence-corrected chi connectivity index (χ0v) is 15.8. The van der Waals surface area contributed by atoms with E-state index in [1.54, 1.807) is 24.1 Å². The van der Waals surface area contributed by atoms with Crippen LogP contribution in [0.25, 0.3) is 0 Å². The summed E-state index contributed by atoms with van der Waals surface area (Å²) in [4.78, 5) is 27.2. The first-order valence-corrected chi connectivity index (χ1v) is 8.37. The SMILES string of the molecule is CNCCN(C)C(=O)c1ccc(N2CCCC(C)C2)c([N+](=O)[O-])c1.Cl. The molecule has 1 N–H and O–H groups in total. The van der Waals surface area contributed by atoms with Gasteiger partial charge in [0, 0.05) is 44.9 Å². The number of amides is 1. The Morgan fingerprint density at radius 1 is 1.48 bits per heavy atom. The zero-order valence-electron chi connectivity index (χ0n) is 15.0. The molecule has 1 aliphatic rings. The van der Waals surface area contributed by atoms with Crippen molar-refractivity contribution in [2.45, 2.75) is 19.8 Å². The van der Waals surface area contributed by atoms with Gasteiger partial charge in [-0.3, -0.25) is 14.9 Å². The highest BCUT2D eigenvalue weighted by molar-refractivity contribution is 5.95. The van der Waals surface area contributed by atoms with Crippen LogP contribution in [0, 0.1) is 16.0 Å². The van der Waals surface area contributed by atoms with Crippen LogP contribution in [0.1, 0.15) is 30.1 Å². The fourth-order valence-corrected chi connectivity index (χ4v) is 3.08. The third-order valence-electron chi connectivity index (χ3n) is 4.46. The molecule has 2 rings (SSSR count). The first kappa shape index (κ1) is 21.2. The second-order valence-corrected chi connectivity index (χ2v) is 6.48. The van der Waals surface area contributed by atoms with E-state index in [0.717, 1.165) is 25.9 Å². The summed E-state index contributed by atoms with van der Waals surface area (Å²) < 4.78 is 0. The molecule has 8 heteroatoms. The molecule has 0 saturated carbocycles. The van der Waals surface area contributed by atoms with Gasteiger partial charge in [0.1, 0.15) is 5.69 Å². The average Bonchev–Trinajstić information content (AvgIpc) is 2.58. The lowest BCUT2D eigenvalue weighted by Crippen LogP contribution is -2.35. The molecule has 7 nitrogen and oxygen atoms in total. The van der Waals surface area contributed by atoms with Crippen molar-refractivity contribution in [1.29, 1.82) is 0 Å². The number of hydrogen-bond donors (Lipinski definition) is 1. The summed E-state index contributed by atoms with van der Waals surface area (Å²) in [6, 6.07) is 4.82. The van der Waals surface area contributed by atoms with Gasteiger partial charge in [-0.25, -0.2) is 0 Å². The van der Waals surface area contributed by atoms with Crippen LogP contribution >= 0.6 is 12.4 Å². The molecule has 1 aliphatic heterocycles. The van der Waals surface area contributed by atoms with E-state index in [-0.39, 0.29) is 28.9 Å². The minimum atomic E-state index is -0.390. The van der Waals surface area contributed by atoms with E-state index in [0.29, 0.717) is 30.3 Å². The number of anilines is 1. The van der Waals surface area contributed by atoms with Crippen molar-refractivity contribution in [3.63, 3.8) is 0 Å². The second kappa shape index (κ2) is 9.58. The number of nitro benzene ring substituents is 1. The number of nitro groups is 1. The van der Waals surface area contributed by atoms with Gasteiger partial charge in [0.15, 0.2) is 0 Å². The maximum atomic E-state index is 12.4. The number of halogens is 1. The minimum Gasteiger partial charge on any atom is -0.366 e. The van der Waals surface area contributed by atoms with Gasteiger partial charge in [-0.05, 0) is 37.9 Å². The van der Waals surface area contributed by atoms with Crippen LogP contribution in [0.4, 0.5) is 11.4 Å². The second-order valence-electron chi connectivity index (χ2n) is 6.48. The van der Waals surface area contributed by atoms with Gasteiger partial charge in [0.2, 0.25) is 0 Å². The molecule has 0 aromatic heterocycles. The lowest BCUT2D eigenvalue weighted by atomic mass is 9.99. The highest BCUT2D eigenvalue weighted by Crippen LogP contribution is 2.32. The number of nitrogens with zero attached hydrogens (tertiary/aromatic N) is 3. The topological polar surface area (TPSA) is 78.7 Å². The lowest BCUT2D eigenvalue weighted by Gasteiger charge is -2.32. The van der Waals surface area contributed by atoms with Gasteiger partial charge in [-0.1, -0.05) is 6.92 Å². The van der Waals surface area contributed by atoms with Crippen LogP contribution in [0.5, 0.6) is 0 Å². The number of likely N-dealkylation sites (N-methyl/N-ethyl adjacent to an activating group) is 2. The number of benzene rings is 1. The van der Waals surface area contributed by atoms with E-state index < -0.39 is 0 Å². The molecule has 1 heterocycles. The Kier molecular flexibility index (Phi) is 8.12. The van der Waals surface area contributed by atoms with Gasteiger partial charge in [0.25, 0.3) is 11.6 Å². The molecule has 1 atom stereocenters. The van der Waals surface area contributed by atoms with Crippen LogP contribution in [0.15, 0.2) is 18.2 Å². The van der Waals surface area contributed by atoms with Crippen molar-refractivity contribution in [3.8, 4) is 0 Å². The highest BCUT2D eigenvalue weighted by atomic mass is 35.5. The maximum absolute atomic E-state index is 12.4. The zero-order chi connectivity index (χ0) is 17.7. The maximum Gasteiger partial charge on any atom is 0.293 e. The number of nitrogens with one attached hydrogen (secondary N) is 1. The fourth-order valence-electron chi connectivity index (χ4n) is 3.08. The molecule has 1 aromatic carbocycles. The van der Waals surface area contributed by atoms with Gasteiger partial charge in [-0.15, -0.1) is 12.4 Å². The summed E-state index contributed by atoms with van der Waals surface area (Å²) in [6.45, 7) is 5.02. The molecular weight excluding hydrogens is 344 g/mol. The summed E-state index contributed by atoms with van der Waals surface area (Å²) in [5.74, 6) is 0.319. The van der Waals surface area contributed by atoms with Crippen molar-refractivity contribution < 1.29 is 9.72 Å². The molecule has 1 amide bonds. The monoisotopic (exact) mass is 370 g/mol. The van der Waals surface area contributed by atoms with Crippen LogP contribution in [0.2, 0.25) is 0 Å². The predicted octanol–water partition coefficient (Wildman–Crippen LogP) is 2.54. The molecule has 0 spiro atoms. The van der Waals surface area contributed by atoms with E-state index in [1.807, 2.05) is 7.05 Å². The van der Waals surface area contributed by atoms with Crippen LogP contribution in [-0.4, -0.2) is 56.0 Å². The molecule has 1 saturated heterocycles. The Balaban J connectivity index is 0.00000312. The van der Waals surface area contributed by atoms with Crippen LogP contribution in [0.3, 0.4) is 0 Å². The lowest BCUT2D eigenvalue weighted by molar-refractivity contribution is -0.384. The normalized spacial score (nSPS) is 16.9. The number of piperidine rings is 1. The summed E-state index contributed by atoms with van der Waals surface area (Å²) in [6.07, 6.45) is 2.18. The van der Waals surface area contributed by atoms with Crippen LogP contribution < -0.4 is 10.2 Å². The van der Waals surface area contributed by atoms with Crippen molar-refractivity contribution in [1.82, 2.24) is 10.2 Å². The summed E-state index contributed by atoms with van der Waals surface area (Å²) >= 11 is 0. The van der Waals surface area contributed by atoms with Crippen molar-refractivity contribution in [3.05, 3.63) is 33.9 Å². The number of rotatable bonds is 6. The molecule has 140 valence electrons. The summed E-state index contributed by atoms with van der Waals surface area (Å²) in [7, 11) is 3.52. The smallest absolute Gasteiger partial charge is 0.293 e. The quantitative estimate of drug-likeness (QED) is 0.615. The summed E-state index contributed by atoms with van der Waals surface area (Å²) in [5, 5.41) is 14.5. The Morgan fingerprint density at radius 2 is 2.20 bits per heavy atom. The molecule has 0 aliphatic carbocycles. The van der Waals surface area contributed by atoms with E-state index in [9.17, 15) is 14.9 Å². The molecule has 25 heavy (non-hydrogen) atoms. The Bertz CT molecular complexity index is 612. The molecule has 0 bridgehead atoms. The Morgan fingerprint density at radius 3 is 2.80 bits per heavy atom. The number of hydrogen-bond acceptors (Lipinski definition) is 5. The summed E-state index contributed by atoms with van der Waals surface area (Å²) in [5.41, 5.74) is 0.979. The van der Waals surface area contributed by atoms with Gasteiger partial charge in [0.05, 0.1) is 4.92 Å². The third kappa shape index (κ3) is 5.31. The minimum absolute atomic E-state index is 0. The van der Waals surface area contributed by atoms with E-state index >= 15 is 0 Å². The fraction of sp³-hybridized carbons (Fsp3) is 0.588. The molecule has 1 unspecified atom stereocenters. The molecular formula is C17H27ClN4O3. The van der Waals surface area contributed by atoms with Gasteiger partial charge >= 0.3 is 0 Å². The van der Waals surface area contributed by atoms with Gasteiger partial charge in [-0.2, -0.15) is 0 Å². The Labute approximate surface area is 154 Å². The number of carbonyl (C=O) groups is 1. The number of carbonyl (C=O) groups excluding carboxylic acids is 1. The predicted molar refractivity (Wildman–Crippen MR) is 102 cm³/mol. The first-order valence-electron chi connectivity index (χ1n) is 8.37. The van der Waals surface area contributed by atoms with E-state index in [2.05, 4.69) is 17.1 Å². The molecule has 0 radical (unpaired) electrons. The largest absolute Gasteiger partial charge is 0.366 e. The Hall–Kier alpha value is -1.86. The molecule has 1 fully saturated rings. The third-order valence-corrected chi connectivity index (χ3v) is 4.46.